The first-order chi connectivity index (χ1) is 8.18. The molecule has 0 fully saturated rings. The van der Waals surface area contributed by atoms with Crippen molar-refractivity contribution in [2.24, 2.45) is 0 Å². The SMILES string of the molecule is CC(=O)c1ccnc(C(=O)c2ccccc2)c1. The van der Waals surface area contributed by atoms with Gasteiger partial charge in [0.1, 0.15) is 5.69 Å². The Labute approximate surface area is 99.1 Å². The molecule has 1 aromatic heterocycles. The van der Waals surface area contributed by atoms with Gasteiger partial charge in [0.2, 0.25) is 5.78 Å². The minimum Gasteiger partial charge on any atom is -0.295 e. The van der Waals surface area contributed by atoms with Gasteiger partial charge in [-0.15, -0.1) is 0 Å². The zero-order valence-corrected chi connectivity index (χ0v) is 9.38. The summed E-state index contributed by atoms with van der Waals surface area (Å²) in [5.41, 5.74) is 1.36. The topological polar surface area (TPSA) is 47.0 Å². The Balaban J connectivity index is 2.38. The van der Waals surface area contributed by atoms with Gasteiger partial charge < -0.3 is 0 Å². The monoisotopic (exact) mass is 225 g/mol. The molecule has 0 atom stereocenters. The number of nitrogens with zero attached hydrogens (tertiary/aromatic N) is 1. The number of carbonyl (C=O) groups is 2. The Kier molecular flexibility index (Phi) is 3.10. The van der Waals surface area contributed by atoms with Gasteiger partial charge in [-0.25, -0.2) is 0 Å². The van der Waals surface area contributed by atoms with Crippen molar-refractivity contribution in [2.75, 3.05) is 0 Å². The van der Waals surface area contributed by atoms with E-state index in [2.05, 4.69) is 4.98 Å². The van der Waals surface area contributed by atoms with Crippen LogP contribution in [0.15, 0.2) is 48.7 Å². The van der Waals surface area contributed by atoms with E-state index in [9.17, 15) is 9.59 Å². The Morgan fingerprint density at radius 2 is 1.71 bits per heavy atom. The fourth-order valence-corrected chi connectivity index (χ4v) is 1.51. The average molecular weight is 225 g/mol. The van der Waals surface area contributed by atoms with Crippen LogP contribution < -0.4 is 0 Å². The van der Waals surface area contributed by atoms with E-state index in [-0.39, 0.29) is 11.6 Å². The van der Waals surface area contributed by atoms with Crippen LogP contribution in [0.1, 0.15) is 33.3 Å². The Hall–Kier alpha value is -2.29. The van der Waals surface area contributed by atoms with Crippen molar-refractivity contribution in [1.82, 2.24) is 4.98 Å². The number of Topliss-reactive ketones (excluding diaryl/α,β-unsaturated/α-hetero) is 1. The van der Waals surface area contributed by atoms with Gasteiger partial charge in [0.25, 0.3) is 0 Å². The van der Waals surface area contributed by atoms with Gasteiger partial charge in [-0.2, -0.15) is 0 Å². The van der Waals surface area contributed by atoms with E-state index in [1.165, 1.54) is 19.2 Å². The summed E-state index contributed by atoms with van der Waals surface area (Å²) < 4.78 is 0. The fraction of sp³-hybridized carbons (Fsp3) is 0.0714. The molecule has 0 saturated carbocycles. The van der Waals surface area contributed by atoms with Crippen LogP contribution in [0, 0.1) is 0 Å². The standard InChI is InChI=1S/C14H11NO2/c1-10(16)12-7-8-15-13(9-12)14(17)11-5-3-2-4-6-11/h2-9H,1H3. The van der Waals surface area contributed by atoms with Gasteiger partial charge in [0.15, 0.2) is 5.78 Å². The molecular formula is C14H11NO2. The number of ketones is 2. The van der Waals surface area contributed by atoms with Crippen LogP contribution >= 0.6 is 0 Å². The fourth-order valence-electron chi connectivity index (χ4n) is 1.51. The smallest absolute Gasteiger partial charge is 0.211 e. The Morgan fingerprint density at radius 1 is 1.00 bits per heavy atom. The molecule has 0 aliphatic carbocycles. The highest BCUT2D eigenvalue weighted by atomic mass is 16.1. The molecule has 2 rings (SSSR count). The molecule has 0 aliphatic heterocycles. The minimum atomic E-state index is -0.172. The number of carbonyl (C=O) groups excluding carboxylic acids is 2. The molecule has 3 heteroatoms. The number of hydrogen-bond donors (Lipinski definition) is 0. The number of hydrogen-bond acceptors (Lipinski definition) is 3. The summed E-state index contributed by atoms with van der Waals surface area (Å²) in [7, 11) is 0. The lowest BCUT2D eigenvalue weighted by molar-refractivity contribution is 0.101. The first-order valence-corrected chi connectivity index (χ1v) is 5.25. The van der Waals surface area contributed by atoms with Crippen LogP contribution in [0.3, 0.4) is 0 Å². The van der Waals surface area contributed by atoms with Crippen LogP contribution in [0.25, 0.3) is 0 Å². The van der Waals surface area contributed by atoms with Crippen molar-refractivity contribution in [1.29, 1.82) is 0 Å². The van der Waals surface area contributed by atoms with Crippen LogP contribution in [-0.2, 0) is 0 Å². The summed E-state index contributed by atoms with van der Waals surface area (Å²) in [6.07, 6.45) is 1.48. The highest BCUT2D eigenvalue weighted by Gasteiger charge is 2.11. The van der Waals surface area contributed by atoms with Gasteiger partial charge >= 0.3 is 0 Å². The van der Waals surface area contributed by atoms with Crippen molar-refractivity contribution in [3.63, 3.8) is 0 Å². The van der Waals surface area contributed by atoms with Gasteiger partial charge in [-0.3, -0.25) is 14.6 Å². The molecule has 0 amide bonds. The van der Waals surface area contributed by atoms with E-state index in [1.807, 2.05) is 6.07 Å². The highest BCUT2D eigenvalue weighted by molar-refractivity contribution is 6.08. The number of rotatable bonds is 3. The van der Waals surface area contributed by atoms with Gasteiger partial charge in [-0.05, 0) is 19.1 Å². The first kappa shape index (κ1) is 11.2. The maximum absolute atomic E-state index is 12.0. The summed E-state index contributed by atoms with van der Waals surface area (Å²) in [5, 5.41) is 0. The summed E-state index contributed by atoms with van der Waals surface area (Å²) >= 11 is 0. The molecule has 17 heavy (non-hydrogen) atoms. The molecule has 0 unspecified atom stereocenters. The molecule has 0 spiro atoms. The maximum atomic E-state index is 12.0. The average Bonchev–Trinajstić information content (AvgIpc) is 2.39. The predicted octanol–water partition coefficient (Wildman–Crippen LogP) is 2.52. The molecule has 0 aliphatic rings. The summed E-state index contributed by atoms with van der Waals surface area (Å²) in [6, 6.07) is 12.0. The van der Waals surface area contributed by atoms with Crippen LogP contribution in [0.2, 0.25) is 0 Å². The lowest BCUT2D eigenvalue weighted by atomic mass is 10.1. The normalized spacial score (nSPS) is 9.94. The van der Waals surface area contributed by atoms with E-state index in [0.717, 1.165) is 0 Å². The summed E-state index contributed by atoms with van der Waals surface area (Å²) in [6.45, 7) is 1.46. The second-order valence-corrected chi connectivity index (χ2v) is 3.68. The Bertz CT molecular complexity index is 561. The molecule has 1 aromatic carbocycles. The zero-order chi connectivity index (χ0) is 12.3. The van der Waals surface area contributed by atoms with E-state index in [1.54, 1.807) is 30.3 Å². The lowest BCUT2D eigenvalue weighted by Crippen LogP contribution is -2.05. The second kappa shape index (κ2) is 4.70. The molecule has 0 N–H and O–H groups in total. The number of pyridine rings is 1. The first-order valence-electron chi connectivity index (χ1n) is 5.25. The van der Waals surface area contributed by atoms with E-state index < -0.39 is 0 Å². The molecule has 84 valence electrons. The zero-order valence-electron chi connectivity index (χ0n) is 9.38. The third-order valence-electron chi connectivity index (χ3n) is 2.44. The largest absolute Gasteiger partial charge is 0.295 e. The summed E-state index contributed by atoms with van der Waals surface area (Å²) in [4.78, 5) is 27.3. The van der Waals surface area contributed by atoms with Crippen LogP contribution in [-0.4, -0.2) is 16.6 Å². The maximum Gasteiger partial charge on any atom is 0.211 e. The van der Waals surface area contributed by atoms with Gasteiger partial charge in [-0.1, -0.05) is 30.3 Å². The Morgan fingerprint density at radius 3 is 2.35 bits per heavy atom. The van der Waals surface area contributed by atoms with Gasteiger partial charge in [0.05, 0.1) is 0 Å². The number of aromatic nitrogens is 1. The number of benzene rings is 1. The minimum absolute atomic E-state index is 0.0745. The molecule has 2 aromatic rings. The van der Waals surface area contributed by atoms with Crippen LogP contribution in [0.4, 0.5) is 0 Å². The van der Waals surface area contributed by atoms with Crippen molar-refractivity contribution in [2.45, 2.75) is 6.92 Å². The third kappa shape index (κ3) is 2.45. The quantitative estimate of drug-likeness (QED) is 0.754. The molecule has 0 saturated heterocycles. The third-order valence-corrected chi connectivity index (χ3v) is 2.44. The van der Waals surface area contributed by atoms with Crippen molar-refractivity contribution in [3.8, 4) is 0 Å². The van der Waals surface area contributed by atoms with Crippen molar-refractivity contribution < 1.29 is 9.59 Å². The molecular weight excluding hydrogens is 214 g/mol. The van der Waals surface area contributed by atoms with Crippen LogP contribution in [0.5, 0.6) is 0 Å². The molecule has 0 bridgehead atoms. The van der Waals surface area contributed by atoms with Crippen molar-refractivity contribution >= 4 is 11.6 Å². The molecule has 1 heterocycles. The van der Waals surface area contributed by atoms with E-state index in [4.69, 9.17) is 0 Å². The molecule has 3 nitrogen and oxygen atoms in total. The predicted molar refractivity (Wildman–Crippen MR) is 64.1 cm³/mol. The van der Waals surface area contributed by atoms with E-state index >= 15 is 0 Å². The highest BCUT2D eigenvalue weighted by Crippen LogP contribution is 2.09. The van der Waals surface area contributed by atoms with Gasteiger partial charge in [0, 0.05) is 17.3 Å². The van der Waals surface area contributed by atoms with E-state index in [0.29, 0.717) is 16.8 Å². The summed E-state index contributed by atoms with van der Waals surface area (Å²) in [5.74, 6) is -0.247. The lowest BCUT2D eigenvalue weighted by Gasteiger charge is -2.01. The molecule has 0 radical (unpaired) electrons. The van der Waals surface area contributed by atoms with Crippen molar-refractivity contribution in [3.05, 3.63) is 65.5 Å². The second-order valence-electron chi connectivity index (χ2n) is 3.68.